The van der Waals surface area contributed by atoms with E-state index < -0.39 is 0 Å². The van der Waals surface area contributed by atoms with Crippen molar-refractivity contribution in [3.63, 3.8) is 0 Å². The number of hydrogen-bond donors (Lipinski definition) is 1. The predicted octanol–water partition coefficient (Wildman–Crippen LogP) is 4.11. The van der Waals surface area contributed by atoms with Gasteiger partial charge in [0.25, 0.3) is 0 Å². The van der Waals surface area contributed by atoms with Gasteiger partial charge in [-0.05, 0) is 61.6 Å². The van der Waals surface area contributed by atoms with Gasteiger partial charge in [-0.3, -0.25) is 0 Å². The zero-order chi connectivity index (χ0) is 14.8. The van der Waals surface area contributed by atoms with E-state index in [4.69, 9.17) is 4.74 Å². The first-order chi connectivity index (χ1) is 10.2. The molecule has 116 valence electrons. The number of methoxy groups -OCH3 is 1. The number of hydrogen-bond acceptors (Lipinski definition) is 2. The van der Waals surface area contributed by atoms with Crippen LogP contribution in [-0.4, -0.2) is 19.7 Å². The molecular weight excluding hydrogens is 265 g/mol. The van der Waals surface area contributed by atoms with Crippen molar-refractivity contribution in [2.24, 2.45) is 11.8 Å². The molecule has 3 rings (SSSR count). The van der Waals surface area contributed by atoms with Gasteiger partial charge in [-0.25, -0.2) is 4.39 Å². The van der Waals surface area contributed by atoms with E-state index in [0.717, 1.165) is 24.6 Å². The molecule has 0 bridgehead atoms. The fraction of sp³-hybridized carbons (Fsp3) is 0.667. The molecule has 3 unspecified atom stereocenters. The lowest BCUT2D eigenvalue weighted by Gasteiger charge is -2.36. The van der Waals surface area contributed by atoms with Crippen LogP contribution in [0.15, 0.2) is 18.2 Å². The zero-order valence-electron chi connectivity index (χ0n) is 13.1. The Hall–Kier alpha value is -1.09. The molecule has 0 spiro atoms. The maximum Gasteiger partial charge on any atom is 0.168 e. The van der Waals surface area contributed by atoms with Crippen molar-refractivity contribution < 1.29 is 9.13 Å². The molecule has 0 amide bonds. The molecule has 0 saturated heterocycles. The summed E-state index contributed by atoms with van der Waals surface area (Å²) < 4.78 is 19.8. The molecule has 0 aromatic heterocycles. The first-order valence-electron chi connectivity index (χ1n) is 8.24. The van der Waals surface area contributed by atoms with E-state index in [1.165, 1.54) is 32.8 Å². The summed E-state index contributed by atoms with van der Waals surface area (Å²) >= 11 is 0. The highest BCUT2D eigenvalue weighted by Gasteiger charge is 2.33. The molecule has 1 aromatic rings. The van der Waals surface area contributed by atoms with Gasteiger partial charge >= 0.3 is 0 Å². The molecule has 21 heavy (non-hydrogen) atoms. The molecule has 2 nitrogen and oxygen atoms in total. The average molecular weight is 291 g/mol. The van der Waals surface area contributed by atoms with Crippen molar-refractivity contribution in [1.29, 1.82) is 0 Å². The number of halogens is 1. The summed E-state index contributed by atoms with van der Waals surface area (Å²) in [4.78, 5) is 0. The van der Waals surface area contributed by atoms with Crippen molar-refractivity contribution in [1.82, 2.24) is 5.32 Å². The van der Waals surface area contributed by atoms with Gasteiger partial charge in [0.05, 0.1) is 7.11 Å². The van der Waals surface area contributed by atoms with Crippen molar-refractivity contribution >= 4 is 0 Å². The molecule has 3 heteroatoms. The van der Waals surface area contributed by atoms with E-state index in [1.54, 1.807) is 6.07 Å². The van der Waals surface area contributed by atoms with Gasteiger partial charge in [0, 0.05) is 6.04 Å². The molecule has 0 radical (unpaired) electrons. The van der Waals surface area contributed by atoms with Gasteiger partial charge in [0.15, 0.2) is 11.6 Å². The Morgan fingerprint density at radius 1 is 1.24 bits per heavy atom. The molecule has 2 fully saturated rings. The zero-order valence-corrected chi connectivity index (χ0v) is 13.1. The van der Waals surface area contributed by atoms with Crippen molar-refractivity contribution in [3.8, 4) is 5.75 Å². The summed E-state index contributed by atoms with van der Waals surface area (Å²) in [6.07, 6.45) is 6.16. The monoisotopic (exact) mass is 291 g/mol. The summed E-state index contributed by atoms with van der Waals surface area (Å²) in [6, 6.07) is 6.30. The predicted molar refractivity (Wildman–Crippen MR) is 83.2 cm³/mol. The minimum absolute atomic E-state index is 0.157. The maximum atomic E-state index is 14.6. The SMILES string of the molecule is COc1cccc(C2CC(C)CCC2CNC2CC2)c1F. The lowest BCUT2D eigenvalue weighted by atomic mass is 9.71. The van der Waals surface area contributed by atoms with E-state index in [0.29, 0.717) is 23.5 Å². The molecule has 1 aromatic carbocycles. The van der Waals surface area contributed by atoms with Crippen LogP contribution >= 0.6 is 0 Å². The molecule has 3 atom stereocenters. The smallest absolute Gasteiger partial charge is 0.168 e. The van der Waals surface area contributed by atoms with E-state index >= 15 is 0 Å². The molecule has 2 aliphatic rings. The Morgan fingerprint density at radius 3 is 2.76 bits per heavy atom. The van der Waals surface area contributed by atoms with Crippen LogP contribution in [0.2, 0.25) is 0 Å². The molecule has 0 heterocycles. The summed E-state index contributed by atoms with van der Waals surface area (Å²) in [5, 5.41) is 3.64. The van der Waals surface area contributed by atoms with Gasteiger partial charge in [0.1, 0.15) is 0 Å². The average Bonchev–Trinajstić information content (AvgIpc) is 3.30. The number of rotatable bonds is 5. The summed E-state index contributed by atoms with van der Waals surface area (Å²) in [5.74, 6) is 1.76. The minimum atomic E-state index is -0.157. The summed E-state index contributed by atoms with van der Waals surface area (Å²) in [7, 11) is 1.54. The Bertz CT molecular complexity index is 486. The normalized spacial score (nSPS) is 29.4. The Balaban J connectivity index is 1.80. The van der Waals surface area contributed by atoms with Crippen LogP contribution in [0.3, 0.4) is 0 Å². The van der Waals surface area contributed by atoms with Gasteiger partial charge in [-0.2, -0.15) is 0 Å². The molecule has 1 N–H and O–H groups in total. The molecule has 2 aliphatic carbocycles. The van der Waals surface area contributed by atoms with Gasteiger partial charge < -0.3 is 10.1 Å². The fourth-order valence-corrected chi connectivity index (χ4v) is 3.65. The lowest BCUT2D eigenvalue weighted by molar-refractivity contribution is 0.236. The Morgan fingerprint density at radius 2 is 2.05 bits per heavy atom. The lowest BCUT2D eigenvalue weighted by Crippen LogP contribution is -2.33. The molecule has 2 saturated carbocycles. The third-order valence-corrected chi connectivity index (χ3v) is 5.11. The molecule has 0 aliphatic heterocycles. The maximum absolute atomic E-state index is 14.6. The first kappa shape index (κ1) is 14.8. The number of ether oxygens (including phenoxy) is 1. The third-order valence-electron chi connectivity index (χ3n) is 5.11. The van der Waals surface area contributed by atoms with E-state index in [1.807, 2.05) is 12.1 Å². The van der Waals surface area contributed by atoms with Crippen LogP contribution in [0.4, 0.5) is 4.39 Å². The van der Waals surface area contributed by atoms with Gasteiger partial charge in [-0.1, -0.05) is 25.5 Å². The minimum Gasteiger partial charge on any atom is -0.494 e. The van der Waals surface area contributed by atoms with Crippen LogP contribution < -0.4 is 10.1 Å². The fourth-order valence-electron chi connectivity index (χ4n) is 3.65. The topological polar surface area (TPSA) is 21.3 Å². The van der Waals surface area contributed by atoms with Crippen LogP contribution in [-0.2, 0) is 0 Å². The Kier molecular flexibility index (Phi) is 4.48. The standard InChI is InChI=1S/C18H26FNO/c1-12-6-7-13(11-20-14-8-9-14)16(10-12)15-4-3-5-17(21-2)18(15)19/h3-5,12-14,16,20H,6-11H2,1-2H3. The second kappa shape index (κ2) is 6.35. The highest BCUT2D eigenvalue weighted by atomic mass is 19.1. The molecular formula is C18H26FNO. The van der Waals surface area contributed by atoms with Gasteiger partial charge in [-0.15, -0.1) is 0 Å². The van der Waals surface area contributed by atoms with Crippen molar-refractivity contribution in [2.75, 3.05) is 13.7 Å². The third kappa shape index (κ3) is 3.39. The second-order valence-corrected chi connectivity index (χ2v) is 6.83. The summed E-state index contributed by atoms with van der Waals surface area (Å²) in [6.45, 7) is 3.31. The van der Waals surface area contributed by atoms with E-state index in [9.17, 15) is 4.39 Å². The highest BCUT2D eigenvalue weighted by molar-refractivity contribution is 5.34. The quantitative estimate of drug-likeness (QED) is 0.881. The van der Waals surface area contributed by atoms with E-state index in [2.05, 4.69) is 12.2 Å². The largest absolute Gasteiger partial charge is 0.494 e. The van der Waals surface area contributed by atoms with Crippen molar-refractivity contribution in [3.05, 3.63) is 29.6 Å². The first-order valence-corrected chi connectivity index (χ1v) is 8.24. The van der Waals surface area contributed by atoms with Crippen LogP contribution in [0.1, 0.15) is 50.5 Å². The highest BCUT2D eigenvalue weighted by Crippen LogP contribution is 2.42. The Labute approximate surface area is 127 Å². The number of nitrogens with one attached hydrogen (secondary N) is 1. The van der Waals surface area contributed by atoms with Crippen LogP contribution in [0.25, 0.3) is 0 Å². The van der Waals surface area contributed by atoms with Crippen LogP contribution in [0.5, 0.6) is 5.75 Å². The summed E-state index contributed by atoms with van der Waals surface area (Å²) in [5.41, 5.74) is 0.850. The second-order valence-electron chi connectivity index (χ2n) is 6.83. The number of benzene rings is 1. The van der Waals surface area contributed by atoms with Crippen molar-refractivity contribution in [2.45, 2.75) is 51.0 Å². The van der Waals surface area contributed by atoms with Gasteiger partial charge in [0.2, 0.25) is 0 Å². The van der Waals surface area contributed by atoms with E-state index in [-0.39, 0.29) is 5.82 Å². The van der Waals surface area contributed by atoms with Crippen LogP contribution in [0, 0.1) is 17.7 Å².